The van der Waals surface area contributed by atoms with Gasteiger partial charge >= 0.3 is 5.97 Å². The number of carboxylic acid groups (broad SMARTS) is 1. The van der Waals surface area contributed by atoms with Crippen molar-refractivity contribution in [2.75, 3.05) is 5.32 Å². The second kappa shape index (κ2) is 9.72. The average molecular weight is 722 g/mol. The van der Waals surface area contributed by atoms with Crippen molar-refractivity contribution in [3.05, 3.63) is 29.8 Å². The number of nitrogens with two attached hydrogens (primary N) is 1. The zero-order valence-corrected chi connectivity index (χ0v) is 12.9. The van der Waals surface area contributed by atoms with Gasteiger partial charge in [-0.15, -0.1) is 17.8 Å². The van der Waals surface area contributed by atoms with Gasteiger partial charge in [0.25, 0.3) is 0 Å². The summed E-state index contributed by atoms with van der Waals surface area (Å²) in [6, 6.07) is 5.92. The number of hydrogen-bond acceptors (Lipinski definition) is 3. The van der Waals surface area contributed by atoms with Crippen LogP contribution in [0.2, 0.25) is 0 Å². The predicted molar refractivity (Wildman–Crippen MR) is 52.6 cm³/mol. The van der Waals surface area contributed by atoms with Crippen molar-refractivity contribution in [1.82, 2.24) is 0 Å². The Labute approximate surface area is 85.7 Å². The van der Waals surface area contributed by atoms with Gasteiger partial charge in [0.15, 0.2) is 0 Å². The minimum Gasteiger partial charge on any atom is -0.543 e. The van der Waals surface area contributed by atoms with Gasteiger partial charge in [-0.25, -0.2) is 4.79 Å². The standard InChI is InChI=1S/C8H6NO3.CH2NO.2Fm/c10-5-9-7-3-1-2-6(4-7)8(11)12;2-1-3;;/h1-4H,(H,9,10)(H,11,12);(H2,2,3);;/q2*-1;;. The summed E-state index contributed by atoms with van der Waals surface area (Å²) in [6.45, 7) is 0. The molecule has 4 N–H and O–H groups in total. The zero-order valence-electron chi connectivity index (χ0n) is 8.14. The van der Waals surface area contributed by atoms with Crippen LogP contribution in [0.25, 0.3) is 0 Å². The Morgan fingerprint density at radius 2 is 1.82 bits per heavy atom. The quantitative estimate of drug-likeness (QED) is 0.299. The van der Waals surface area contributed by atoms with E-state index in [1.54, 1.807) is 12.1 Å². The summed E-state index contributed by atoms with van der Waals surface area (Å²) in [5.74, 6) is -1.02. The molecule has 0 heterocycles. The second-order valence-electron chi connectivity index (χ2n) is 2.23. The third-order valence-electron chi connectivity index (χ3n) is 1.30. The van der Waals surface area contributed by atoms with Crippen LogP contribution in [0.1, 0.15) is 10.4 Å². The van der Waals surface area contributed by atoms with E-state index in [-0.39, 0.29) is 5.56 Å². The number of hydrogen-bond donors (Lipinski definition) is 3. The van der Waals surface area contributed by atoms with Crippen molar-refractivity contribution in [2.24, 2.45) is 5.73 Å². The van der Waals surface area contributed by atoms with E-state index < -0.39 is 5.97 Å². The van der Waals surface area contributed by atoms with E-state index in [2.05, 4.69) is 11.1 Å². The first-order valence-corrected chi connectivity index (χ1v) is 3.70. The number of benzene rings is 1. The van der Waals surface area contributed by atoms with Crippen LogP contribution in [0.15, 0.2) is 24.3 Å². The van der Waals surface area contributed by atoms with Gasteiger partial charge < -0.3 is 25.7 Å². The van der Waals surface area contributed by atoms with Crippen molar-refractivity contribution in [3.63, 3.8) is 0 Å². The number of primary amides is 1. The Hall–Kier alpha value is -4.37. The summed E-state index contributed by atoms with van der Waals surface area (Å²) < 4.78 is 0. The number of aromatic carboxylic acids is 1. The first-order valence-electron chi connectivity index (χ1n) is 3.70. The minimum absolute atomic E-state index is 0. The van der Waals surface area contributed by atoms with E-state index in [0.717, 1.165) is 6.41 Å². The van der Waals surface area contributed by atoms with Crippen molar-refractivity contribution >= 4 is 24.5 Å². The normalized spacial score (nSPS) is 7.06. The summed E-state index contributed by atoms with van der Waals surface area (Å²) >= 11 is 0. The molecular formula is C9H8Fm2N2O4-2. The van der Waals surface area contributed by atoms with E-state index >= 15 is 0 Å². The molecule has 6 nitrogen and oxygen atoms in total. The molecule has 8 heteroatoms. The fraction of sp³-hybridized carbons (Fsp3) is 0. The molecule has 0 aromatic heterocycles. The predicted octanol–water partition coefficient (Wildman–Crippen LogP) is -0.124. The first kappa shape index (κ1) is 18.4. The monoisotopic (exact) mass is 722 g/mol. The molecule has 0 aliphatic rings. The largest absolute Gasteiger partial charge is 0.543 e. The molecule has 0 aliphatic carbocycles. The minimum atomic E-state index is -1.02. The maximum absolute atomic E-state index is 10.4. The maximum atomic E-state index is 10.4. The van der Waals surface area contributed by atoms with Crippen molar-refractivity contribution < 1.29 is 19.5 Å². The fourth-order valence-corrected chi connectivity index (χ4v) is 0.789. The van der Waals surface area contributed by atoms with Crippen LogP contribution in [0.4, 0.5) is 5.69 Å². The Morgan fingerprint density at radius 3 is 2.24 bits per heavy atom. The number of rotatable bonds is 3. The molecule has 1 aromatic rings. The molecule has 104 valence electrons. The third kappa shape index (κ3) is 6.76. The third-order valence-corrected chi connectivity index (χ3v) is 1.30. The number of amides is 2. The summed E-state index contributed by atoms with van der Waals surface area (Å²) in [4.78, 5) is 28.8. The van der Waals surface area contributed by atoms with Crippen LogP contribution in [0.3, 0.4) is 0 Å². The Kier molecular flexibility index (Phi) is 10.5. The molecular weight excluding hydrogens is 714 g/mol. The van der Waals surface area contributed by atoms with Crippen LogP contribution < -0.4 is 11.1 Å². The summed E-state index contributed by atoms with van der Waals surface area (Å²) in [5.41, 5.74) is 4.60. The van der Waals surface area contributed by atoms with Crippen LogP contribution in [0.5, 0.6) is 0 Å². The first-order chi connectivity index (χ1) is 7.15. The molecule has 0 fully saturated rings. The van der Waals surface area contributed by atoms with Gasteiger partial charge in [0.05, 0.1) is 6.41 Å². The van der Waals surface area contributed by atoms with E-state index in [4.69, 9.17) is 9.90 Å². The van der Waals surface area contributed by atoms with E-state index in [1.807, 2.05) is 0 Å². The molecule has 2 amide bonds. The molecule has 1 rings (SSSR count). The zero-order chi connectivity index (χ0) is 11.7. The molecule has 0 saturated carbocycles. The smallest absolute Gasteiger partial charge is 0.334 e. The molecule has 0 saturated heterocycles. The second-order valence-corrected chi connectivity index (χ2v) is 2.23. The molecule has 0 radical (unpaired) electrons. The van der Waals surface area contributed by atoms with Crippen molar-refractivity contribution in [1.29, 1.82) is 0 Å². The van der Waals surface area contributed by atoms with E-state index in [9.17, 15) is 9.59 Å². The Morgan fingerprint density at radius 1 is 1.29 bits per heavy atom. The molecule has 0 unspecified atom stereocenters. The number of carbonyl (C=O) groups is 1. The van der Waals surface area contributed by atoms with Crippen molar-refractivity contribution in [2.45, 2.75) is 0 Å². The average Bonchev–Trinajstić information content (AvgIpc) is 2.20. The summed E-state index contributed by atoms with van der Waals surface area (Å²) in [7, 11) is 0. The number of nitrogens with one attached hydrogen (secondary N) is 1. The molecule has 0 atom stereocenters. The van der Waals surface area contributed by atoms with Crippen LogP contribution in [-0.2, 0) is 9.59 Å². The van der Waals surface area contributed by atoms with Crippen molar-refractivity contribution in [3.8, 4) is 0 Å². The van der Waals surface area contributed by atoms with Crippen LogP contribution >= 0.6 is 0 Å². The van der Waals surface area contributed by atoms with Gasteiger partial charge in [-0.2, -0.15) is 6.41 Å². The number of anilines is 1. The van der Waals surface area contributed by atoms with Crippen LogP contribution in [0, 0.1) is 0 Å². The van der Waals surface area contributed by atoms with E-state index in [1.165, 1.54) is 18.5 Å². The van der Waals surface area contributed by atoms with Gasteiger partial charge in [-0.05, 0) is 0 Å². The van der Waals surface area contributed by atoms with Gasteiger partial charge in [-0.3, -0.25) is 0 Å². The topological polar surface area (TPSA) is 109 Å². The Bertz CT molecular complexity index is 361. The SMILES string of the molecule is N[C-]=O.O=[C-]Nc1cccc(C(=O)O)c1.[Fm].[Fm]. The molecule has 17 heavy (non-hydrogen) atoms. The van der Waals surface area contributed by atoms with Gasteiger partial charge in [-0.1, -0.05) is 12.1 Å². The van der Waals surface area contributed by atoms with Gasteiger partial charge in [0, 0.05) is 5.56 Å². The van der Waals surface area contributed by atoms with Gasteiger partial charge in [0.2, 0.25) is 0 Å². The van der Waals surface area contributed by atoms with Gasteiger partial charge in [0.1, 0.15) is 0 Å². The maximum Gasteiger partial charge on any atom is 0.334 e. The fourth-order valence-electron chi connectivity index (χ4n) is 0.789. The number of carbonyl (C=O) groups excluding carboxylic acids is 2. The molecule has 0 bridgehead atoms. The van der Waals surface area contributed by atoms with E-state index in [0.29, 0.717) is 5.69 Å². The van der Waals surface area contributed by atoms with Crippen LogP contribution in [-0.4, -0.2) is 23.9 Å². The summed E-state index contributed by atoms with van der Waals surface area (Å²) in [5, 5.41) is 10.8. The number of carboxylic acids is 1. The molecule has 1 aromatic carbocycles. The Balaban J connectivity index is -0.000000356. The molecule has 0 spiro atoms. The summed E-state index contributed by atoms with van der Waals surface area (Å²) in [6.07, 6.45) is 2.46. The molecule has 0 aliphatic heterocycles.